The van der Waals surface area contributed by atoms with Crippen LogP contribution in [0.25, 0.3) is 0 Å². The second-order valence-electron chi connectivity index (χ2n) is 4.49. The van der Waals surface area contributed by atoms with Crippen LogP contribution in [-0.4, -0.2) is 17.6 Å². The number of carbonyl (C=O) groups excluding carboxylic acids is 1. The second-order valence-corrected chi connectivity index (χ2v) is 4.49. The average molecular weight is 261 g/mol. The number of benzene rings is 1. The zero-order valence-corrected chi connectivity index (χ0v) is 11.2. The summed E-state index contributed by atoms with van der Waals surface area (Å²) in [4.78, 5) is 11.6. The van der Waals surface area contributed by atoms with Gasteiger partial charge >= 0.3 is 5.97 Å². The molecule has 0 amide bonds. The third kappa shape index (κ3) is 2.67. The molecule has 2 aromatic rings. The second kappa shape index (κ2) is 5.26. The van der Waals surface area contributed by atoms with Crippen LogP contribution in [0.2, 0.25) is 0 Å². The smallest absolute Gasteiger partial charge is 0.339 e. The van der Waals surface area contributed by atoms with Crippen LogP contribution in [0, 0.1) is 19.7 Å². The lowest BCUT2D eigenvalue weighted by Gasteiger charge is -2.09. The van der Waals surface area contributed by atoms with Gasteiger partial charge in [-0.25, -0.2) is 9.18 Å². The van der Waals surface area contributed by atoms with Crippen molar-refractivity contribution in [3.63, 3.8) is 0 Å². The normalized spacial score (nSPS) is 10.5. The number of methoxy groups -OCH3 is 1. The van der Waals surface area contributed by atoms with E-state index in [1.165, 1.54) is 19.2 Å². The van der Waals surface area contributed by atoms with Gasteiger partial charge in [0.2, 0.25) is 0 Å². The highest BCUT2D eigenvalue weighted by Crippen LogP contribution is 2.18. The summed E-state index contributed by atoms with van der Waals surface area (Å²) >= 11 is 0. The summed E-state index contributed by atoms with van der Waals surface area (Å²) < 4.78 is 19.6. The third-order valence-corrected chi connectivity index (χ3v) is 3.23. The molecule has 0 bridgehead atoms. The van der Waals surface area contributed by atoms with Crippen LogP contribution < -0.4 is 0 Å². The maximum absolute atomic E-state index is 12.9. The highest BCUT2D eigenvalue weighted by atomic mass is 19.1. The molecule has 4 heteroatoms. The molecule has 0 N–H and O–H groups in total. The zero-order chi connectivity index (χ0) is 14.0. The topological polar surface area (TPSA) is 31.2 Å². The molecule has 0 saturated heterocycles. The Kier molecular flexibility index (Phi) is 3.69. The molecule has 1 aromatic heterocycles. The number of aryl methyl sites for hydroxylation is 1. The van der Waals surface area contributed by atoms with Gasteiger partial charge in [-0.1, -0.05) is 12.1 Å². The van der Waals surface area contributed by atoms with Crippen LogP contribution in [0.1, 0.15) is 27.3 Å². The van der Waals surface area contributed by atoms with Gasteiger partial charge in [-0.2, -0.15) is 0 Å². The average Bonchev–Trinajstić information content (AvgIpc) is 2.68. The van der Waals surface area contributed by atoms with E-state index in [-0.39, 0.29) is 11.8 Å². The molecule has 3 nitrogen and oxygen atoms in total. The summed E-state index contributed by atoms with van der Waals surface area (Å²) in [7, 11) is 1.37. The monoisotopic (exact) mass is 261 g/mol. The molecule has 0 aliphatic heterocycles. The van der Waals surface area contributed by atoms with E-state index < -0.39 is 0 Å². The number of aromatic nitrogens is 1. The van der Waals surface area contributed by atoms with Crippen molar-refractivity contribution in [3.8, 4) is 0 Å². The van der Waals surface area contributed by atoms with E-state index in [1.807, 2.05) is 24.5 Å². The molecule has 1 heterocycles. The largest absolute Gasteiger partial charge is 0.465 e. The lowest BCUT2D eigenvalue weighted by atomic mass is 10.2. The summed E-state index contributed by atoms with van der Waals surface area (Å²) in [5.74, 6) is -0.585. The molecule has 0 spiro atoms. The van der Waals surface area contributed by atoms with Crippen molar-refractivity contribution < 1.29 is 13.9 Å². The SMILES string of the molecule is COC(=O)c1cc(C)n(Cc2ccc(F)cc2)c1C. The molecule has 0 fully saturated rings. The van der Waals surface area contributed by atoms with E-state index in [2.05, 4.69) is 0 Å². The molecular formula is C15H16FNO2. The Labute approximate surface area is 111 Å². The van der Waals surface area contributed by atoms with Crippen LogP contribution >= 0.6 is 0 Å². The highest BCUT2D eigenvalue weighted by Gasteiger charge is 2.15. The van der Waals surface area contributed by atoms with Gasteiger partial charge in [-0.05, 0) is 37.6 Å². The number of rotatable bonds is 3. The fourth-order valence-corrected chi connectivity index (χ4v) is 2.13. The molecule has 0 atom stereocenters. The first-order valence-corrected chi connectivity index (χ1v) is 6.02. The van der Waals surface area contributed by atoms with Crippen LogP contribution in [0.4, 0.5) is 4.39 Å². The van der Waals surface area contributed by atoms with E-state index in [9.17, 15) is 9.18 Å². The minimum Gasteiger partial charge on any atom is -0.465 e. The summed E-state index contributed by atoms with van der Waals surface area (Å²) in [6, 6.07) is 8.16. The predicted octanol–water partition coefficient (Wildman–Crippen LogP) is 3.08. The van der Waals surface area contributed by atoms with E-state index in [4.69, 9.17) is 4.74 Å². The first kappa shape index (κ1) is 13.3. The number of nitrogens with zero attached hydrogens (tertiary/aromatic N) is 1. The van der Waals surface area contributed by atoms with E-state index in [0.717, 1.165) is 17.0 Å². The van der Waals surface area contributed by atoms with Gasteiger partial charge in [-0.15, -0.1) is 0 Å². The molecule has 19 heavy (non-hydrogen) atoms. The fourth-order valence-electron chi connectivity index (χ4n) is 2.13. The molecular weight excluding hydrogens is 245 g/mol. The minimum absolute atomic E-state index is 0.250. The van der Waals surface area contributed by atoms with Gasteiger partial charge in [0, 0.05) is 17.9 Å². The van der Waals surface area contributed by atoms with Crippen molar-refractivity contribution in [3.05, 3.63) is 58.7 Å². The fraction of sp³-hybridized carbons (Fsp3) is 0.267. The van der Waals surface area contributed by atoms with E-state index in [1.54, 1.807) is 12.1 Å². The molecule has 0 saturated carbocycles. The molecule has 1 aromatic carbocycles. The Morgan fingerprint density at radius 2 is 1.89 bits per heavy atom. The van der Waals surface area contributed by atoms with Gasteiger partial charge in [0.1, 0.15) is 5.82 Å². The Morgan fingerprint density at radius 3 is 2.47 bits per heavy atom. The Bertz CT molecular complexity index is 599. The van der Waals surface area contributed by atoms with Crippen LogP contribution in [0.15, 0.2) is 30.3 Å². The Hall–Kier alpha value is -2.10. The Morgan fingerprint density at radius 1 is 1.26 bits per heavy atom. The standard InChI is InChI=1S/C15H16FNO2/c1-10-8-14(15(18)19-3)11(2)17(10)9-12-4-6-13(16)7-5-12/h4-8H,9H2,1-3H3. The quantitative estimate of drug-likeness (QED) is 0.795. The number of ether oxygens (including phenoxy) is 1. The number of hydrogen-bond donors (Lipinski definition) is 0. The molecule has 2 rings (SSSR count). The first-order valence-electron chi connectivity index (χ1n) is 6.02. The molecule has 0 radical (unpaired) electrons. The van der Waals surface area contributed by atoms with Crippen LogP contribution in [-0.2, 0) is 11.3 Å². The number of halogens is 1. The van der Waals surface area contributed by atoms with Gasteiger partial charge in [0.25, 0.3) is 0 Å². The minimum atomic E-state index is -0.335. The van der Waals surface area contributed by atoms with Gasteiger partial charge in [-0.3, -0.25) is 0 Å². The lowest BCUT2D eigenvalue weighted by Crippen LogP contribution is -2.07. The van der Waals surface area contributed by atoms with Gasteiger partial charge in [0.05, 0.1) is 12.7 Å². The maximum atomic E-state index is 12.9. The maximum Gasteiger partial charge on any atom is 0.339 e. The molecule has 100 valence electrons. The van der Waals surface area contributed by atoms with Crippen molar-refractivity contribution in [2.45, 2.75) is 20.4 Å². The first-order chi connectivity index (χ1) is 9.02. The van der Waals surface area contributed by atoms with Crippen molar-refractivity contribution in [1.29, 1.82) is 0 Å². The van der Waals surface area contributed by atoms with Crippen molar-refractivity contribution in [2.24, 2.45) is 0 Å². The number of carbonyl (C=O) groups is 1. The van der Waals surface area contributed by atoms with E-state index in [0.29, 0.717) is 12.1 Å². The third-order valence-electron chi connectivity index (χ3n) is 3.23. The molecule has 0 aliphatic rings. The summed E-state index contributed by atoms with van der Waals surface area (Å²) in [5, 5.41) is 0. The predicted molar refractivity (Wildman–Crippen MR) is 70.7 cm³/mol. The molecule has 0 unspecified atom stereocenters. The molecule has 0 aliphatic carbocycles. The van der Waals surface area contributed by atoms with Crippen molar-refractivity contribution in [1.82, 2.24) is 4.57 Å². The lowest BCUT2D eigenvalue weighted by molar-refractivity contribution is 0.0600. The van der Waals surface area contributed by atoms with Gasteiger partial charge in [0.15, 0.2) is 0 Å². The summed E-state index contributed by atoms with van der Waals surface area (Å²) in [6.07, 6.45) is 0. The highest BCUT2D eigenvalue weighted by molar-refractivity contribution is 5.91. The van der Waals surface area contributed by atoms with Crippen LogP contribution in [0.5, 0.6) is 0 Å². The number of esters is 1. The summed E-state index contributed by atoms with van der Waals surface area (Å²) in [6.45, 7) is 4.42. The van der Waals surface area contributed by atoms with Crippen molar-refractivity contribution >= 4 is 5.97 Å². The summed E-state index contributed by atoms with van der Waals surface area (Å²) in [5.41, 5.74) is 3.39. The van der Waals surface area contributed by atoms with E-state index >= 15 is 0 Å². The zero-order valence-electron chi connectivity index (χ0n) is 11.2. The van der Waals surface area contributed by atoms with Crippen LogP contribution in [0.3, 0.4) is 0 Å². The Balaban J connectivity index is 2.33. The number of hydrogen-bond acceptors (Lipinski definition) is 2. The van der Waals surface area contributed by atoms with Gasteiger partial charge < -0.3 is 9.30 Å². The van der Waals surface area contributed by atoms with Crippen molar-refractivity contribution in [2.75, 3.05) is 7.11 Å².